The van der Waals surface area contributed by atoms with Gasteiger partial charge in [-0.25, -0.2) is 9.80 Å². The fourth-order valence-corrected chi connectivity index (χ4v) is 11.1. The summed E-state index contributed by atoms with van der Waals surface area (Å²) in [5, 5.41) is 16.4. The maximum Gasteiger partial charge on any atom is 0.416 e. The quantitative estimate of drug-likeness (QED) is 0.110. The Balaban J connectivity index is 1.13. The van der Waals surface area contributed by atoms with E-state index in [1.54, 1.807) is 44.3 Å². The highest BCUT2D eigenvalue weighted by Gasteiger charge is 2.68. The zero-order valence-corrected chi connectivity index (χ0v) is 32.7. The molecule has 1 N–H and O–H groups in total. The average Bonchev–Trinajstić information content (AvgIpc) is 3.84. The molecule has 2 aliphatic heterocycles. The molecule has 59 heavy (non-hydrogen) atoms. The van der Waals surface area contributed by atoms with Gasteiger partial charge in [-0.3, -0.25) is 23.9 Å². The molecule has 4 aliphatic rings. The monoisotopic (exact) mass is 852 g/mol. The summed E-state index contributed by atoms with van der Waals surface area (Å²) >= 11 is 7.74. The predicted octanol–water partition coefficient (Wildman–Crippen LogP) is 9.44. The van der Waals surface area contributed by atoms with E-state index in [1.165, 1.54) is 28.2 Å². The third kappa shape index (κ3) is 5.76. The molecule has 2 aromatic heterocycles. The number of halogens is 7. The number of anilines is 2. The molecule has 9 nitrogen and oxygen atoms in total. The number of aromatic hydroxyl groups is 1. The number of alkyl halides is 6. The third-order valence-electron chi connectivity index (χ3n) is 12.5. The summed E-state index contributed by atoms with van der Waals surface area (Å²) in [6.07, 6.45) is -8.98. The molecule has 4 amide bonds. The molecule has 3 fully saturated rings. The lowest BCUT2D eigenvalue weighted by Gasteiger charge is -2.49. The van der Waals surface area contributed by atoms with Crippen molar-refractivity contribution in [2.45, 2.75) is 45.0 Å². The number of aryl methyl sites for hydroxylation is 2. The van der Waals surface area contributed by atoms with Crippen LogP contribution in [0.4, 0.5) is 37.8 Å². The molecule has 0 radical (unpaired) electrons. The average molecular weight is 853 g/mol. The van der Waals surface area contributed by atoms with Gasteiger partial charge in [0.05, 0.1) is 44.9 Å². The number of hydrogen-bond donors (Lipinski definition) is 1. The Morgan fingerprint density at radius 1 is 0.847 bits per heavy atom. The van der Waals surface area contributed by atoms with E-state index in [-0.39, 0.29) is 30.5 Å². The number of amides is 4. The number of nitrogens with zero attached hydrogens (tertiary/aromatic N) is 4. The maximum absolute atomic E-state index is 15.0. The fourth-order valence-electron chi connectivity index (χ4n) is 9.82. The van der Waals surface area contributed by atoms with E-state index in [0.29, 0.717) is 38.9 Å². The van der Waals surface area contributed by atoms with Gasteiger partial charge >= 0.3 is 12.4 Å². The van der Waals surface area contributed by atoms with E-state index in [1.807, 2.05) is 19.1 Å². The van der Waals surface area contributed by atoms with Gasteiger partial charge < -0.3 is 5.11 Å². The Hall–Kier alpha value is -5.48. The van der Waals surface area contributed by atoms with Crippen molar-refractivity contribution in [3.63, 3.8) is 0 Å². The summed E-state index contributed by atoms with van der Waals surface area (Å²) in [6, 6.07) is 13.8. The fraction of sp³-hybridized carbons (Fsp3) is 0.310. The van der Waals surface area contributed by atoms with Gasteiger partial charge in [0.25, 0.3) is 0 Å². The van der Waals surface area contributed by atoms with Gasteiger partial charge in [0, 0.05) is 28.8 Å². The molecule has 304 valence electrons. The minimum Gasteiger partial charge on any atom is -0.508 e. The van der Waals surface area contributed by atoms with E-state index in [9.17, 15) is 45.8 Å². The van der Waals surface area contributed by atoms with Crippen LogP contribution in [-0.2, 0) is 38.6 Å². The highest BCUT2D eigenvalue weighted by Crippen LogP contribution is 2.64. The molecular weight excluding hydrogens is 822 g/mol. The van der Waals surface area contributed by atoms with Gasteiger partial charge in [0.1, 0.15) is 17.3 Å². The van der Waals surface area contributed by atoms with Crippen molar-refractivity contribution in [3.05, 3.63) is 106 Å². The number of phenols is 1. The molecule has 1 saturated carbocycles. The molecule has 3 aromatic carbocycles. The first-order chi connectivity index (χ1) is 27.7. The van der Waals surface area contributed by atoms with E-state index in [0.717, 1.165) is 25.4 Å². The molecular formula is C42H31ClF6N4O5S. The summed E-state index contributed by atoms with van der Waals surface area (Å²) in [7, 11) is 1.60. The van der Waals surface area contributed by atoms with Gasteiger partial charge in [-0.05, 0) is 97.7 Å². The lowest BCUT2D eigenvalue weighted by atomic mass is 9.51. The molecule has 5 aromatic rings. The van der Waals surface area contributed by atoms with Crippen LogP contribution in [0.25, 0.3) is 20.7 Å². The lowest BCUT2D eigenvalue weighted by Crippen LogP contribution is -2.48. The van der Waals surface area contributed by atoms with E-state index >= 15 is 4.79 Å². The Labute approximate surface area is 340 Å². The zero-order valence-electron chi connectivity index (χ0n) is 31.2. The van der Waals surface area contributed by atoms with Crippen molar-refractivity contribution in [3.8, 4) is 16.3 Å². The molecule has 9 rings (SSSR count). The van der Waals surface area contributed by atoms with Crippen LogP contribution in [0.1, 0.15) is 47.9 Å². The van der Waals surface area contributed by atoms with Crippen LogP contribution in [0.15, 0.2) is 78.4 Å². The Kier molecular flexibility index (Phi) is 8.60. The third-order valence-corrected chi connectivity index (χ3v) is 14.1. The molecule has 6 unspecified atom stereocenters. The molecule has 17 heteroatoms. The van der Waals surface area contributed by atoms with Crippen molar-refractivity contribution >= 4 is 68.2 Å². The van der Waals surface area contributed by atoms with E-state index < -0.39 is 87.8 Å². The normalized spacial score (nSPS) is 25.8. The number of hydrogen-bond acceptors (Lipinski definition) is 7. The second kappa shape index (κ2) is 13.0. The minimum absolute atomic E-state index is 0.0786. The molecule has 2 saturated heterocycles. The summed E-state index contributed by atoms with van der Waals surface area (Å²) in [5.41, 5.74) is -3.26. The number of phenolic OH excluding ortho intramolecular Hbond substituents is 1. The Bertz CT molecular complexity index is 2670. The molecule has 2 aliphatic carbocycles. The first-order valence-corrected chi connectivity index (χ1v) is 19.7. The first-order valence-electron chi connectivity index (χ1n) is 18.5. The number of imide groups is 2. The van der Waals surface area contributed by atoms with E-state index in [4.69, 9.17) is 16.7 Å². The van der Waals surface area contributed by atoms with Crippen LogP contribution in [0, 0.1) is 36.0 Å². The topological polar surface area (TPSA) is 113 Å². The molecule has 0 bridgehead atoms. The lowest BCUT2D eigenvalue weighted by molar-refractivity contribution is -0.143. The molecule has 4 heterocycles. The number of carbonyl (C=O) groups is 4. The zero-order chi connectivity index (χ0) is 42.2. The Morgan fingerprint density at radius 2 is 1.51 bits per heavy atom. The number of aromatic nitrogens is 2. The van der Waals surface area contributed by atoms with Crippen molar-refractivity contribution < 1.29 is 50.6 Å². The maximum atomic E-state index is 15.0. The van der Waals surface area contributed by atoms with Crippen molar-refractivity contribution in [2.75, 3.05) is 9.80 Å². The number of allylic oxidation sites excluding steroid dienone is 2. The Morgan fingerprint density at radius 3 is 2.15 bits per heavy atom. The number of rotatable bonds is 4. The number of carbonyl (C=O) groups excluding carboxylic acids is 4. The van der Waals surface area contributed by atoms with Gasteiger partial charge in [0.2, 0.25) is 23.6 Å². The van der Waals surface area contributed by atoms with Gasteiger partial charge in [-0.1, -0.05) is 35.4 Å². The summed E-state index contributed by atoms with van der Waals surface area (Å²) < 4.78 is 85.7. The van der Waals surface area contributed by atoms with Crippen LogP contribution < -0.4 is 9.80 Å². The van der Waals surface area contributed by atoms with Gasteiger partial charge in [-0.2, -0.15) is 31.4 Å². The predicted molar refractivity (Wildman–Crippen MR) is 205 cm³/mol. The number of thiophene rings is 1. The van der Waals surface area contributed by atoms with Crippen molar-refractivity contribution in [1.29, 1.82) is 0 Å². The minimum atomic E-state index is -5.23. The van der Waals surface area contributed by atoms with E-state index in [2.05, 4.69) is 0 Å². The first kappa shape index (κ1) is 39.0. The smallest absolute Gasteiger partial charge is 0.416 e. The van der Waals surface area contributed by atoms with Gasteiger partial charge in [-0.15, -0.1) is 11.3 Å². The van der Waals surface area contributed by atoms with Crippen LogP contribution in [-0.4, -0.2) is 38.5 Å². The van der Waals surface area contributed by atoms with Crippen LogP contribution in [0.3, 0.4) is 0 Å². The SMILES string of the molecule is Cc1c(-c2cc(N3C(=O)C4CC5C(=CCC6C(=O)N(c7cc(C(F)(F)F)cc(C(F)(F)F)c7)C(=O)C65)C(c5ccc(O)cc5)C4(C)C3=O)n(C)n2)sc2ccc(Cl)cc12. The number of benzene rings is 3. The van der Waals surface area contributed by atoms with Crippen molar-refractivity contribution in [2.24, 2.45) is 36.1 Å². The second-order valence-electron chi connectivity index (χ2n) is 15.7. The van der Waals surface area contributed by atoms with Crippen LogP contribution in [0.2, 0.25) is 5.02 Å². The number of fused-ring (bicyclic) bond motifs is 5. The summed E-state index contributed by atoms with van der Waals surface area (Å²) in [6.45, 7) is 3.58. The molecule has 6 atom stereocenters. The highest BCUT2D eigenvalue weighted by atomic mass is 35.5. The molecule has 0 spiro atoms. The highest BCUT2D eigenvalue weighted by molar-refractivity contribution is 7.22. The largest absolute Gasteiger partial charge is 0.508 e. The standard InChI is InChI=1S/C42H31ClF6N4O5S/c1-18-27-15-22(43)6-11-31(27)59-35(18)30-17-32(51(3)50-30)53-37(56)29-16-28-25(34(40(29,2)39(53)58)19-4-7-24(54)8-5-19)9-10-26-33(28)38(57)52(36(26)55)23-13-20(41(44,45)46)12-21(14-23)42(47,48)49/h4-9,11-15,17,26,28-29,33-34,54H,10,16H2,1-3H3. The van der Waals surface area contributed by atoms with Gasteiger partial charge in [0.15, 0.2) is 0 Å². The second-order valence-corrected chi connectivity index (χ2v) is 17.2. The van der Waals surface area contributed by atoms with Crippen LogP contribution >= 0.6 is 22.9 Å². The van der Waals surface area contributed by atoms with Crippen molar-refractivity contribution in [1.82, 2.24) is 9.78 Å². The summed E-state index contributed by atoms with van der Waals surface area (Å²) in [4.78, 5) is 60.5. The van der Waals surface area contributed by atoms with Crippen LogP contribution in [0.5, 0.6) is 5.75 Å². The summed E-state index contributed by atoms with van der Waals surface area (Å²) in [5.74, 6) is -8.33.